The van der Waals surface area contributed by atoms with Crippen molar-refractivity contribution in [2.75, 3.05) is 11.1 Å². The Kier molecular flexibility index (Phi) is 12.8. The van der Waals surface area contributed by atoms with Gasteiger partial charge in [0.05, 0.1) is 18.4 Å². The van der Waals surface area contributed by atoms with Crippen LogP contribution in [0.4, 0.5) is 11.6 Å². The van der Waals surface area contributed by atoms with Crippen molar-refractivity contribution in [1.29, 1.82) is 0 Å². The number of aliphatic carboxylic acids is 2. The summed E-state index contributed by atoms with van der Waals surface area (Å²) in [5.74, 6) is -3.46. The molecular weight excluding hydrogens is 497 g/mol. The summed E-state index contributed by atoms with van der Waals surface area (Å²) in [7, 11) is 0. The van der Waals surface area contributed by atoms with Gasteiger partial charge in [-0.1, -0.05) is 0 Å². The number of rotatable bonds is 9. The van der Waals surface area contributed by atoms with E-state index in [4.69, 9.17) is 10.8 Å². The van der Waals surface area contributed by atoms with Crippen molar-refractivity contribution < 1.29 is 59.6 Å². The largest absolute Gasteiger partial charge is 1.00 e. The average molecular weight is 518 g/mol. The van der Waals surface area contributed by atoms with E-state index in [1.807, 2.05) is 0 Å². The number of fused-ring (bicyclic) bond motifs is 1. The van der Waals surface area contributed by atoms with Gasteiger partial charge in [0.1, 0.15) is 6.04 Å². The van der Waals surface area contributed by atoms with Gasteiger partial charge in [-0.3, -0.25) is 14.6 Å². The Morgan fingerprint density at radius 2 is 1.83 bits per heavy atom. The molecule has 16 heteroatoms. The van der Waals surface area contributed by atoms with Gasteiger partial charge in [-0.05, 0) is 37.1 Å². The zero-order valence-corrected chi connectivity index (χ0v) is 21.2. The summed E-state index contributed by atoms with van der Waals surface area (Å²) in [4.78, 5) is 60.4. The van der Waals surface area contributed by atoms with E-state index in [0.717, 1.165) is 0 Å². The van der Waals surface area contributed by atoms with Crippen LogP contribution in [-0.4, -0.2) is 54.4 Å². The van der Waals surface area contributed by atoms with Crippen molar-refractivity contribution in [3.05, 3.63) is 52.1 Å². The first-order chi connectivity index (χ1) is 15.2. The fraction of sp³-hybridized carbons (Fsp3) is 0.211. The summed E-state index contributed by atoms with van der Waals surface area (Å²) in [6.07, 6.45) is 0.662. The van der Waals surface area contributed by atoms with Crippen LogP contribution in [0.3, 0.4) is 0 Å². The maximum atomic E-state index is 12.3. The molecular formula is C19H21ClN7NaO7. The summed E-state index contributed by atoms with van der Waals surface area (Å²) in [6, 6.07) is 4.78. The first-order valence-corrected chi connectivity index (χ1v) is 9.32. The monoisotopic (exact) mass is 517 g/mol. The van der Waals surface area contributed by atoms with Crippen LogP contribution in [0.1, 0.15) is 28.9 Å². The number of carboxylic acid groups (broad SMARTS) is 2. The molecule has 3 rings (SSSR count). The van der Waals surface area contributed by atoms with Gasteiger partial charge < -0.3 is 36.9 Å². The number of aromatic nitrogens is 4. The SMILES string of the molecule is Cl.Nc1nc2ncc(CNc3ccc(C(=O)NC(CCC(=O)[O-])C(=O)O)cc3)nc2c(=O)[nH]1.O.[Na+]. The number of carbonyl (C=O) groups excluding carboxylic acids is 2. The molecule has 0 aliphatic carbocycles. The van der Waals surface area contributed by atoms with Gasteiger partial charge in [-0.2, -0.15) is 4.98 Å². The van der Waals surface area contributed by atoms with Gasteiger partial charge in [-0.15, -0.1) is 12.4 Å². The second-order valence-electron chi connectivity index (χ2n) is 6.69. The predicted octanol–water partition coefficient (Wildman–Crippen LogP) is -4.78. The number of carboxylic acids is 2. The number of benzene rings is 1. The quantitative estimate of drug-likeness (QED) is 0.168. The Hall–Kier alpha value is -3.30. The Labute approximate surface area is 225 Å². The van der Waals surface area contributed by atoms with Crippen LogP contribution in [0.2, 0.25) is 0 Å². The Bertz CT molecular complexity index is 1240. The molecule has 14 nitrogen and oxygen atoms in total. The van der Waals surface area contributed by atoms with Gasteiger partial charge in [0.2, 0.25) is 5.95 Å². The van der Waals surface area contributed by atoms with Crippen LogP contribution in [-0.2, 0) is 16.1 Å². The summed E-state index contributed by atoms with van der Waals surface area (Å²) in [6.45, 7) is 0.225. The van der Waals surface area contributed by atoms with Crippen LogP contribution >= 0.6 is 12.4 Å². The standard InChI is InChI=1S/C19H19N7O6.ClH.Na.H2O/c20-19-25-15-14(17(30)26-19)23-11(8-22-15)7-21-10-3-1-9(2-4-10)16(29)24-12(18(31)32)5-6-13(27)28;;;/h1-4,8,12,21H,5-7H2,(H,24,29)(H,27,28)(H,31,32)(H3,20,22,25,26,30);1H;;1H2/q;;+1;/p-1. The first kappa shape index (κ1) is 31.7. The number of aromatic amines is 1. The number of nitrogen functional groups attached to an aromatic ring is 1. The molecule has 0 bridgehead atoms. The van der Waals surface area contributed by atoms with Crippen molar-refractivity contribution in [1.82, 2.24) is 25.3 Å². The van der Waals surface area contributed by atoms with Gasteiger partial charge in [0, 0.05) is 17.2 Å². The van der Waals surface area contributed by atoms with Gasteiger partial charge in [0.15, 0.2) is 11.2 Å². The van der Waals surface area contributed by atoms with Crippen molar-refractivity contribution in [2.24, 2.45) is 0 Å². The molecule has 0 aliphatic rings. The molecule has 0 saturated carbocycles. The first-order valence-electron chi connectivity index (χ1n) is 9.32. The summed E-state index contributed by atoms with van der Waals surface area (Å²) in [5, 5.41) is 25.0. The predicted molar refractivity (Wildman–Crippen MR) is 120 cm³/mol. The van der Waals surface area contributed by atoms with Crippen LogP contribution in [0.5, 0.6) is 0 Å². The summed E-state index contributed by atoms with van der Waals surface area (Å²) < 4.78 is 0. The number of halogens is 1. The van der Waals surface area contributed by atoms with E-state index in [1.54, 1.807) is 12.1 Å². The minimum Gasteiger partial charge on any atom is -0.550 e. The minimum atomic E-state index is -1.40. The van der Waals surface area contributed by atoms with E-state index in [0.29, 0.717) is 11.4 Å². The normalized spacial score (nSPS) is 10.6. The number of nitrogens with one attached hydrogen (secondary N) is 3. The topological polar surface area (TPSA) is 248 Å². The van der Waals surface area contributed by atoms with E-state index in [9.17, 15) is 24.3 Å². The van der Waals surface area contributed by atoms with Crippen molar-refractivity contribution in [3.8, 4) is 0 Å². The molecule has 2 heterocycles. The van der Waals surface area contributed by atoms with Crippen LogP contribution < -0.4 is 56.6 Å². The number of nitrogens with zero attached hydrogens (tertiary/aromatic N) is 3. The van der Waals surface area contributed by atoms with Crippen molar-refractivity contribution >= 4 is 53.1 Å². The molecule has 2 aromatic heterocycles. The van der Waals surface area contributed by atoms with E-state index in [-0.39, 0.29) is 83.1 Å². The molecule has 1 amide bonds. The van der Waals surface area contributed by atoms with Crippen LogP contribution in [0.15, 0.2) is 35.3 Å². The maximum Gasteiger partial charge on any atom is 1.00 e. The van der Waals surface area contributed by atoms with Crippen molar-refractivity contribution in [2.45, 2.75) is 25.4 Å². The van der Waals surface area contributed by atoms with E-state index < -0.39 is 35.9 Å². The summed E-state index contributed by atoms with van der Waals surface area (Å²) >= 11 is 0. The molecule has 0 fully saturated rings. The number of anilines is 2. The Balaban J connectivity index is 0.00000385. The van der Waals surface area contributed by atoms with E-state index in [2.05, 4.69) is 30.6 Å². The molecule has 3 aromatic rings. The maximum absolute atomic E-state index is 12.3. The smallest absolute Gasteiger partial charge is 0.550 e. The molecule has 0 spiro atoms. The van der Waals surface area contributed by atoms with E-state index in [1.165, 1.54) is 18.3 Å². The second kappa shape index (κ2) is 14.2. The van der Waals surface area contributed by atoms with Gasteiger partial charge in [0.25, 0.3) is 11.5 Å². The van der Waals surface area contributed by atoms with Crippen LogP contribution in [0, 0.1) is 0 Å². The Morgan fingerprint density at radius 1 is 1.17 bits per heavy atom. The number of amides is 1. The third kappa shape index (κ3) is 8.77. The molecule has 1 unspecified atom stereocenters. The third-order valence-electron chi connectivity index (χ3n) is 4.35. The molecule has 0 radical (unpaired) electrons. The molecule has 8 N–H and O–H groups in total. The zero-order chi connectivity index (χ0) is 23.3. The van der Waals surface area contributed by atoms with E-state index >= 15 is 0 Å². The fourth-order valence-electron chi connectivity index (χ4n) is 2.75. The number of nitrogens with two attached hydrogens (primary N) is 1. The molecule has 0 aliphatic heterocycles. The van der Waals surface area contributed by atoms with Gasteiger partial charge in [-0.25, -0.2) is 14.8 Å². The molecule has 35 heavy (non-hydrogen) atoms. The van der Waals surface area contributed by atoms with Crippen molar-refractivity contribution in [3.63, 3.8) is 0 Å². The number of hydrogen-bond donors (Lipinski definition) is 5. The molecule has 1 atom stereocenters. The summed E-state index contributed by atoms with van der Waals surface area (Å²) in [5.41, 5.74) is 6.43. The average Bonchev–Trinajstić information content (AvgIpc) is 2.75. The molecule has 0 saturated heterocycles. The fourth-order valence-corrected chi connectivity index (χ4v) is 2.75. The number of H-pyrrole nitrogens is 1. The van der Waals surface area contributed by atoms with Crippen LogP contribution in [0.25, 0.3) is 11.2 Å². The zero-order valence-electron chi connectivity index (χ0n) is 18.4. The van der Waals surface area contributed by atoms with Gasteiger partial charge >= 0.3 is 35.5 Å². The molecule has 1 aromatic carbocycles. The Morgan fingerprint density at radius 3 is 2.43 bits per heavy atom. The third-order valence-corrected chi connectivity index (χ3v) is 4.35. The number of hydrogen-bond acceptors (Lipinski definition) is 10. The second-order valence-corrected chi connectivity index (χ2v) is 6.69. The number of carbonyl (C=O) groups is 3. The molecule has 182 valence electrons. The minimum absolute atomic E-state index is 0.